The largest absolute Gasteiger partial charge is 0.492 e. The number of aromatic nitrogens is 2. The Bertz CT molecular complexity index is 921. The van der Waals surface area contributed by atoms with Crippen molar-refractivity contribution in [2.75, 3.05) is 18.5 Å². The Morgan fingerprint density at radius 3 is 2.64 bits per heavy atom. The van der Waals surface area contributed by atoms with Gasteiger partial charge in [-0.05, 0) is 36.2 Å². The number of carbonyl (C=O) groups is 1. The van der Waals surface area contributed by atoms with Crippen LogP contribution in [0.15, 0.2) is 60.8 Å². The molecule has 3 N–H and O–H groups in total. The van der Waals surface area contributed by atoms with Gasteiger partial charge in [-0.3, -0.25) is 9.48 Å². The maximum absolute atomic E-state index is 12.9. The maximum Gasteiger partial charge on any atom is 0.231 e. The van der Waals surface area contributed by atoms with E-state index in [9.17, 15) is 4.79 Å². The van der Waals surface area contributed by atoms with Gasteiger partial charge < -0.3 is 15.8 Å². The number of hydrogen-bond acceptors (Lipinski definition) is 4. The molecule has 0 saturated carbocycles. The number of anilines is 1. The summed E-state index contributed by atoms with van der Waals surface area (Å²) in [5.74, 6) is 0.483. The molecule has 1 heterocycles. The van der Waals surface area contributed by atoms with Crippen molar-refractivity contribution < 1.29 is 9.53 Å². The highest BCUT2D eigenvalue weighted by Crippen LogP contribution is 2.33. The number of rotatable bonds is 8. The predicted octanol–water partition coefficient (Wildman–Crippen LogP) is 3.56. The molecule has 0 aliphatic rings. The van der Waals surface area contributed by atoms with Gasteiger partial charge in [0.1, 0.15) is 12.4 Å². The van der Waals surface area contributed by atoms with E-state index in [4.69, 9.17) is 10.5 Å². The zero-order valence-corrected chi connectivity index (χ0v) is 16.3. The molecule has 3 rings (SSSR count). The number of carbonyl (C=O) groups excluding carboxylic acids is 1. The quantitative estimate of drug-likeness (QED) is 0.628. The van der Waals surface area contributed by atoms with Crippen LogP contribution in [0.1, 0.15) is 24.8 Å². The summed E-state index contributed by atoms with van der Waals surface area (Å²) in [6.45, 7) is 2.86. The molecule has 1 amide bonds. The second-order valence-electron chi connectivity index (χ2n) is 6.55. The summed E-state index contributed by atoms with van der Waals surface area (Å²) < 4.78 is 7.56. The van der Waals surface area contributed by atoms with E-state index in [1.165, 1.54) is 0 Å². The summed E-state index contributed by atoms with van der Waals surface area (Å²) >= 11 is 0. The Kier molecular flexibility index (Phi) is 6.45. The van der Waals surface area contributed by atoms with E-state index in [1.807, 2.05) is 68.6 Å². The van der Waals surface area contributed by atoms with Gasteiger partial charge in [-0.25, -0.2) is 0 Å². The van der Waals surface area contributed by atoms with E-state index in [-0.39, 0.29) is 11.8 Å². The SMILES string of the molecule is CC[C@H](C(=O)Nc1ccc(OCCN)c(-c2ccnn2C)c1)c1ccccc1. The van der Waals surface area contributed by atoms with E-state index >= 15 is 0 Å². The molecule has 0 aliphatic heterocycles. The van der Waals surface area contributed by atoms with Gasteiger partial charge in [0.2, 0.25) is 5.91 Å². The maximum atomic E-state index is 12.9. The second kappa shape index (κ2) is 9.19. The lowest BCUT2D eigenvalue weighted by molar-refractivity contribution is -0.117. The third-order valence-electron chi connectivity index (χ3n) is 4.65. The van der Waals surface area contributed by atoms with Crippen LogP contribution in [0.5, 0.6) is 5.75 Å². The lowest BCUT2D eigenvalue weighted by Gasteiger charge is -2.17. The third-order valence-corrected chi connectivity index (χ3v) is 4.65. The minimum atomic E-state index is -0.200. The minimum absolute atomic E-state index is 0.0275. The van der Waals surface area contributed by atoms with Gasteiger partial charge >= 0.3 is 0 Å². The van der Waals surface area contributed by atoms with Crippen LogP contribution in [0.3, 0.4) is 0 Å². The second-order valence-corrected chi connectivity index (χ2v) is 6.55. The molecule has 6 nitrogen and oxygen atoms in total. The lowest BCUT2D eigenvalue weighted by Crippen LogP contribution is -2.20. The molecule has 1 atom stereocenters. The zero-order valence-electron chi connectivity index (χ0n) is 16.3. The summed E-state index contributed by atoms with van der Waals surface area (Å²) in [5, 5.41) is 7.28. The highest BCUT2D eigenvalue weighted by molar-refractivity contribution is 5.96. The molecule has 0 aliphatic carbocycles. The van der Waals surface area contributed by atoms with E-state index < -0.39 is 0 Å². The first-order chi connectivity index (χ1) is 13.6. The van der Waals surface area contributed by atoms with Crippen LogP contribution in [0.2, 0.25) is 0 Å². The van der Waals surface area contributed by atoms with Gasteiger partial charge in [0.05, 0.1) is 11.6 Å². The van der Waals surface area contributed by atoms with Crippen LogP contribution < -0.4 is 15.8 Å². The fourth-order valence-corrected chi connectivity index (χ4v) is 3.23. The minimum Gasteiger partial charge on any atom is -0.492 e. The van der Waals surface area contributed by atoms with Gasteiger partial charge in [-0.1, -0.05) is 37.3 Å². The summed E-state index contributed by atoms with van der Waals surface area (Å²) in [4.78, 5) is 12.9. The van der Waals surface area contributed by atoms with Crippen LogP contribution in [0, 0.1) is 0 Å². The Hall–Kier alpha value is -3.12. The number of amides is 1. The van der Waals surface area contributed by atoms with Crippen LogP contribution in [-0.2, 0) is 11.8 Å². The lowest BCUT2D eigenvalue weighted by atomic mass is 9.95. The van der Waals surface area contributed by atoms with Gasteiger partial charge in [0.15, 0.2) is 0 Å². The molecular formula is C22H26N4O2. The van der Waals surface area contributed by atoms with Crippen molar-refractivity contribution in [1.82, 2.24) is 9.78 Å². The molecule has 0 bridgehead atoms. The molecule has 0 spiro atoms. The fourth-order valence-electron chi connectivity index (χ4n) is 3.23. The first kappa shape index (κ1) is 19.6. The number of nitrogens with zero attached hydrogens (tertiary/aromatic N) is 2. The average molecular weight is 378 g/mol. The predicted molar refractivity (Wildman–Crippen MR) is 111 cm³/mol. The Balaban J connectivity index is 1.88. The highest BCUT2D eigenvalue weighted by atomic mass is 16.5. The summed E-state index contributed by atoms with van der Waals surface area (Å²) in [6, 6.07) is 17.4. The van der Waals surface area contributed by atoms with Crippen LogP contribution in [0.4, 0.5) is 5.69 Å². The molecule has 0 saturated heterocycles. The molecule has 0 fully saturated rings. The smallest absolute Gasteiger partial charge is 0.231 e. The number of benzene rings is 2. The summed E-state index contributed by atoms with van der Waals surface area (Å²) in [5.41, 5.74) is 9.07. The molecular weight excluding hydrogens is 352 g/mol. The van der Waals surface area contributed by atoms with Crippen LogP contribution in [0.25, 0.3) is 11.3 Å². The summed E-state index contributed by atoms with van der Waals surface area (Å²) in [7, 11) is 1.87. The molecule has 1 aromatic heterocycles. The van der Waals surface area contributed by atoms with E-state index in [0.29, 0.717) is 18.9 Å². The van der Waals surface area contributed by atoms with Crippen molar-refractivity contribution in [3.63, 3.8) is 0 Å². The van der Waals surface area contributed by atoms with Crippen molar-refractivity contribution in [1.29, 1.82) is 0 Å². The molecule has 28 heavy (non-hydrogen) atoms. The van der Waals surface area contributed by atoms with Crippen LogP contribution in [-0.4, -0.2) is 28.8 Å². The topological polar surface area (TPSA) is 82.2 Å². The standard InChI is InChI=1S/C22H26N4O2/c1-3-18(16-7-5-4-6-8-16)22(27)25-17-9-10-21(28-14-12-23)19(15-17)20-11-13-24-26(20)2/h4-11,13,15,18H,3,12,14,23H2,1-2H3,(H,25,27)/t18-/m0/s1. The number of nitrogens with one attached hydrogen (secondary N) is 1. The fraction of sp³-hybridized carbons (Fsp3) is 0.273. The van der Waals surface area contributed by atoms with Crippen molar-refractivity contribution in [3.8, 4) is 17.0 Å². The molecule has 3 aromatic rings. The third kappa shape index (κ3) is 4.40. The van der Waals surface area contributed by atoms with Gasteiger partial charge in [0, 0.05) is 31.0 Å². The van der Waals surface area contributed by atoms with E-state index in [2.05, 4.69) is 10.4 Å². The molecule has 6 heteroatoms. The Labute approximate surface area is 165 Å². The first-order valence-corrected chi connectivity index (χ1v) is 9.45. The van der Waals surface area contributed by atoms with Crippen molar-refractivity contribution in [2.24, 2.45) is 12.8 Å². The van der Waals surface area contributed by atoms with E-state index in [0.717, 1.165) is 28.9 Å². The number of hydrogen-bond donors (Lipinski definition) is 2. The van der Waals surface area contributed by atoms with Gasteiger partial charge in [-0.15, -0.1) is 0 Å². The van der Waals surface area contributed by atoms with Crippen molar-refractivity contribution in [3.05, 3.63) is 66.4 Å². The molecule has 146 valence electrons. The monoisotopic (exact) mass is 378 g/mol. The van der Waals surface area contributed by atoms with Crippen molar-refractivity contribution in [2.45, 2.75) is 19.3 Å². The highest BCUT2D eigenvalue weighted by Gasteiger charge is 2.19. The van der Waals surface area contributed by atoms with Crippen molar-refractivity contribution >= 4 is 11.6 Å². The Morgan fingerprint density at radius 1 is 1.21 bits per heavy atom. The van der Waals surface area contributed by atoms with Gasteiger partial charge in [-0.2, -0.15) is 5.10 Å². The van der Waals surface area contributed by atoms with E-state index in [1.54, 1.807) is 10.9 Å². The zero-order chi connectivity index (χ0) is 19.9. The van der Waals surface area contributed by atoms with Crippen LogP contribution >= 0.6 is 0 Å². The first-order valence-electron chi connectivity index (χ1n) is 9.45. The van der Waals surface area contributed by atoms with Gasteiger partial charge in [0.25, 0.3) is 0 Å². The number of nitrogens with two attached hydrogens (primary N) is 1. The number of aryl methyl sites for hydroxylation is 1. The normalized spacial score (nSPS) is 11.8. The average Bonchev–Trinajstić information content (AvgIpc) is 3.14. The molecule has 0 unspecified atom stereocenters. The molecule has 2 aromatic carbocycles. The Morgan fingerprint density at radius 2 is 2.00 bits per heavy atom. The summed E-state index contributed by atoms with van der Waals surface area (Å²) in [6.07, 6.45) is 2.46. The number of ether oxygens (including phenoxy) is 1. The molecule has 0 radical (unpaired) electrons.